The van der Waals surface area contributed by atoms with Crippen molar-refractivity contribution in [2.75, 3.05) is 12.4 Å². The first-order valence-electron chi connectivity index (χ1n) is 6.39. The molecule has 0 atom stereocenters. The number of pyridine rings is 1. The molecule has 0 aliphatic heterocycles. The standard InChI is InChI=1S/C14H10F6N2O2/c1-23-7-3-2-6(4-8(7)24-14(19)20)5-21-11-9(15)12(17)22-13(18)10(11)16/h2-4,14H,5H2,1H3,(H,21,22). The van der Waals surface area contributed by atoms with Crippen molar-refractivity contribution in [2.24, 2.45) is 0 Å². The zero-order valence-electron chi connectivity index (χ0n) is 12.0. The van der Waals surface area contributed by atoms with Gasteiger partial charge in [-0.3, -0.25) is 0 Å². The second-order valence-electron chi connectivity index (χ2n) is 4.41. The zero-order valence-corrected chi connectivity index (χ0v) is 12.0. The van der Waals surface area contributed by atoms with Crippen LogP contribution in [-0.4, -0.2) is 18.7 Å². The maximum atomic E-state index is 13.5. The number of nitrogens with one attached hydrogen (secondary N) is 1. The molecule has 0 aliphatic carbocycles. The van der Waals surface area contributed by atoms with Crippen LogP contribution in [0.25, 0.3) is 0 Å². The molecule has 0 saturated carbocycles. The van der Waals surface area contributed by atoms with Crippen molar-refractivity contribution in [2.45, 2.75) is 13.2 Å². The van der Waals surface area contributed by atoms with Crippen LogP contribution in [0.1, 0.15) is 5.56 Å². The minimum atomic E-state index is -3.11. The molecule has 1 N–H and O–H groups in total. The van der Waals surface area contributed by atoms with Crippen LogP contribution in [-0.2, 0) is 6.54 Å². The third-order valence-electron chi connectivity index (χ3n) is 2.91. The first-order valence-corrected chi connectivity index (χ1v) is 6.39. The summed E-state index contributed by atoms with van der Waals surface area (Å²) in [7, 11) is 1.23. The van der Waals surface area contributed by atoms with Crippen molar-refractivity contribution in [1.29, 1.82) is 0 Å². The number of anilines is 1. The summed E-state index contributed by atoms with van der Waals surface area (Å²) in [5, 5.41) is 2.14. The normalized spacial score (nSPS) is 10.8. The monoisotopic (exact) mass is 352 g/mol. The Morgan fingerprint density at radius 1 is 1.04 bits per heavy atom. The third kappa shape index (κ3) is 3.81. The number of ether oxygens (including phenoxy) is 2. The van der Waals surface area contributed by atoms with Crippen LogP contribution in [0.2, 0.25) is 0 Å². The molecular formula is C14H10F6N2O2. The molecule has 1 aromatic heterocycles. The summed E-state index contributed by atoms with van der Waals surface area (Å²) in [6.07, 6.45) is 0. The minimum Gasteiger partial charge on any atom is -0.493 e. The molecule has 2 rings (SSSR count). The van der Waals surface area contributed by atoms with Crippen molar-refractivity contribution in [1.82, 2.24) is 4.98 Å². The van der Waals surface area contributed by atoms with Gasteiger partial charge in [-0.25, -0.2) is 0 Å². The average Bonchev–Trinajstić information content (AvgIpc) is 2.52. The van der Waals surface area contributed by atoms with Crippen molar-refractivity contribution in [3.8, 4) is 11.5 Å². The lowest BCUT2D eigenvalue weighted by Gasteiger charge is -2.13. The molecule has 130 valence electrons. The fourth-order valence-electron chi connectivity index (χ4n) is 1.85. The Hall–Kier alpha value is -2.65. The maximum Gasteiger partial charge on any atom is 0.387 e. The van der Waals surface area contributed by atoms with E-state index in [1.54, 1.807) is 0 Å². The van der Waals surface area contributed by atoms with E-state index >= 15 is 0 Å². The van der Waals surface area contributed by atoms with Crippen LogP contribution in [0, 0.1) is 23.5 Å². The van der Waals surface area contributed by atoms with E-state index in [4.69, 9.17) is 4.74 Å². The van der Waals surface area contributed by atoms with Gasteiger partial charge in [0.05, 0.1) is 7.11 Å². The van der Waals surface area contributed by atoms with E-state index in [-0.39, 0.29) is 23.6 Å². The van der Waals surface area contributed by atoms with Crippen LogP contribution in [0.4, 0.5) is 32.0 Å². The fraction of sp³-hybridized carbons (Fsp3) is 0.214. The lowest BCUT2D eigenvalue weighted by Crippen LogP contribution is -2.10. The van der Waals surface area contributed by atoms with E-state index in [9.17, 15) is 26.3 Å². The van der Waals surface area contributed by atoms with Crippen molar-refractivity contribution >= 4 is 5.69 Å². The molecule has 0 radical (unpaired) electrons. The summed E-state index contributed by atoms with van der Waals surface area (Å²) >= 11 is 0. The van der Waals surface area contributed by atoms with Gasteiger partial charge < -0.3 is 14.8 Å². The van der Waals surface area contributed by atoms with E-state index in [2.05, 4.69) is 15.0 Å². The molecule has 4 nitrogen and oxygen atoms in total. The fourth-order valence-corrected chi connectivity index (χ4v) is 1.85. The summed E-state index contributed by atoms with van der Waals surface area (Å²) in [5.74, 6) is -7.32. The van der Waals surface area contributed by atoms with Crippen LogP contribution in [0.15, 0.2) is 18.2 Å². The van der Waals surface area contributed by atoms with Gasteiger partial charge in [-0.05, 0) is 17.7 Å². The Bertz CT molecular complexity index is 715. The molecule has 1 heterocycles. The summed E-state index contributed by atoms with van der Waals surface area (Å²) in [5.41, 5.74) is -0.824. The van der Waals surface area contributed by atoms with Gasteiger partial charge in [0.2, 0.25) is 11.6 Å². The van der Waals surface area contributed by atoms with Crippen molar-refractivity contribution in [3.05, 3.63) is 47.3 Å². The number of aromatic nitrogens is 1. The van der Waals surface area contributed by atoms with Crippen molar-refractivity contribution in [3.63, 3.8) is 0 Å². The molecule has 0 unspecified atom stereocenters. The first kappa shape index (κ1) is 17.7. The first-order chi connectivity index (χ1) is 11.3. The molecule has 0 amide bonds. The molecule has 0 bridgehead atoms. The molecule has 0 fully saturated rings. The molecule has 0 spiro atoms. The van der Waals surface area contributed by atoms with Crippen LogP contribution >= 0.6 is 0 Å². The Morgan fingerprint density at radius 2 is 1.67 bits per heavy atom. The number of halogens is 6. The van der Waals surface area contributed by atoms with Gasteiger partial charge in [-0.2, -0.15) is 31.3 Å². The van der Waals surface area contributed by atoms with Gasteiger partial charge in [0, 0.05) is 6.54 Å². The summed E-state index contributed by atoms with van der Waals surface area (Å²) in [6, 6.07) is 3.80. The average molecular weight is 352 g/mol. The second-order valence-corrected chi connectivity index (χ2v) is 4.41. The highest BCUT2D eigenvalue weighted by atomic mass is 19.3. The van der Waals surface area contributed by atoms with E-state index < -0.39 is 35.8 Å². The highest BCUT2D eigenvalue weighted by Gasteiger charge is 2.20. The Balaban J connectivity index is 2.24. The maximum absolute atomic E-state index is 13.5. The van der Waals surface area contributed by atoms with Crippen LogP contribution in [0.3, 0.4) is 0 Å². The predicted octanol–water partition coefficient (Wildman–Crippen LogP) is 3.86. The van der Waals surface area contributed by atoms with Gasteiger partial charge in [0.25, 0.3) is 11.9 Å². The van der Waals surface area contributed by atoms with E-state index in [0.29, 0.717) is 0 Å². The quantitative estimate of drug-likeness (QED) is 0.633. The molecule has 10 heteroatoms. The molecule has 1 aromatic carbocycles. The predicted molar refractivity (Wildman–Crippen MR) is 71.0 cm³/mol. The Labute approximate surface area is 132 Å². The number of hydrogen-bond acceptors (Lipinski definition) is 4. The Kier molecular flexibility index (Phi) is 5.37. The highest BCUT2D eigenvalue weighted by Crippen LogP contribution is 2.30. The molecule has 0 saturated heterocycles. The van der Waals surface area contributed by atoms with Gasteiger partial charge >= 0.3 is 6.61 Å². The topological polar surface area (TPSA) is 43.4 Å². The van der Waals surface area contributed by atoms with E-state index in [1.165, 1.54) is 19.2 Å². The third-order valence-corrected chi connectivity index (χ3v) is 2.91. The molecule has 0 aliphatic rings. The number of hydrogen-bond donors (Lipinski definition) is 1. The van der Waals surface area contributed by atoms with E-state index in [1.807, 2.05) is 0 Å². The summed E-state index contributed by atoms with van der Waals surface area (Å²) in [4.78, 5) is 2.41. The number of methoxy groups -OCH3 is 1. The molecular weight excluding hydrogens is 342 g/mol. The number of benzene rings is 1. The second kappa shape index (κ2) is 7.28. The largest absolute Gasteiger partial charge is 0.493 e. The minimum absolute atomic E-state index is 0.0115. The highest BCUT2D eigenvalue weighted by molar-refractivity contribution is 5.48. The van der Waals surface area contributed by atoms with Gasteiger partial charge in [-0.15, -0.1) is 0 Å². The van der Waals surface area contributed by atoms with E-state index in [0.717, 1.165) is 6.07 Å². The zero-order chi connectivity index (χ0) is 17.9. The van der Waals surface area contributed by atoms with Crippen LogP contribution < -0.4 is 14.8 Å². The number of nitrogens with zero attached hydrogens (tertiary/aromatic N) is 1. The van der Waals surface area contributed by atoms with Gasteiger partial charge in [0.1, 0.15) is 5.69 Å². The molecule has 24 heavy (non-hydrogen) atoms. The SMILES string of the molecule is COc1ccc(CNc2c(F)c(F)nc(F)c2F)cc1OC(F)F. The lowest BCUT2D eigenvalue weighted by atomic mass is 10.2. The molecule has 2 aromatic rings. The number of alkyl halides is 2. The van der Waals surface area contributed by atoms with Crippen molar-refractivity contribution < 1.29 is 35.8 Å². The smallest absolute Gasteiger partial charge is 0.387 e. The lowest BCUT2D eigenvalue weighted by molar-refractivity contribution is -0.0512. The Morgan fingerprint density at radius 3 is 2.21 bits per heavy atom. The summed E-state index contributed by atoms with van der Waals surface area (Å²) in [6.45, 7) is -3.44. The van der Waals surface area contributed by atoms with Gasteiger partial charge in [-0.1, -0.05) is 6.07 Å². The van der Waals surface area contributed by atoms with Gasteiger partial charge in [0.15, 0.2) is 11.5 Å². The van der Waals surface area contributed by atoms with Crippen LogP contribution in [0.5, 0.6) is 11.5 Å². The summed E-state index contributed by atoms with van der Waals surface area (Å²) < 4.78 is 86.7. The number of rotatable bonds is 6.